The lowest BCUT2D eigenvalue weighted by Crippen LogP contribution is -2.64. The van der Waals surface area contributed by atoms with Crippen molar-refractivity contribution in [3.8, 4) is 11.8 Å². The number of benzene rings is 2. The molecule has 0 bridgehead atoms. The topological polar surface area (TPSA) is 110 Å². The number of amides is 1. The second-order valence-corrected chi connectivity index (χ2v) is 13.5. The van der Waals surface area contributed by atoms with Crippen molar-refractivity contribution in [1.29, 1.82) is 5.26 Å². The fourth-order valence-corrected chi connectivity index (χ4v) is 8.48. The lowest BCUT2D eigenvalue weighted by Gasteiger charge is -2.58. The molecule has 2 spiro atoms. The van der Waals surface area contributed by atoms with E-state index in [4.69, 9.17) is 4.74 Å². The van der Waals surface area contributed by atoms with Crippen LogP contribution >= 0.6 is 0 Å². The van der Waals surface area contributed by atoms with Gasteiger partial charge in [0.2, 0.25) is 0 Å². The first-order chi connectivity index (χ1) is 20.2. The zero-order chi connectivity index (χ0) is 29.2. The van der Waals surface area contributed by atoms with Gasteiger partial charge in [0, 0.05) is 65.2 Å². The Bertz CT molecular complexity index is 1580. The number of nitrogens with one attached hydrogen (secondary N) is 1. The molecule has 0 radical (unpaired) electrons. The Labute approximate surface area is 246 Å². The van der Waals surface area contributed by atoms with Gasteiger partial charge in [0.15, 0.2) is 0 Å². The number of nitrogens with zero attached hydrogens (tertiary/aromatic N) is 3. The molecule has 4 aliphatic rings. The molecular formula is C34H38N4O4. The number of piperidine rings is 1. The molecule has 42 heavy (non-hydrogen) atoms. The highest BCUT2D eigenvalue weighted by Crippen LogP contribution is 2.57. The summed E-state index contributed by atoms with van der Waals surface area (Å²) in [4.78, 5) is 32.3. The molecular weight excluding hydrogens is 528 g/mol. The molecule has 2 saturated carbocycles. The van der Waals surface area contributed by atoms with Gasteiger partial charge in [-0.3, -0.25) is 14.5 Å². The Morgan fingerprint density at radius 3 is 2.50 bits per heavy atom. The van der Waals surface area contributed by atoms with Gasteiger partial charge in [-0.1, -0.05) is 12.1 Å². The molecule has 7 rings (SSSR count). The van der Waals surface area contributed by atoms with Crippen molar-refractivity contribution in [2.75, 3.05) is 26.7 Å². The number of methoxy groups -OCH3 is 1. The number of H-pyrrole nitrogens is 1. The monoisotopic (exact) mass is 566 g/mol. The highest BCUT2D eigenvalue weighted by Gasteiger charge is 2.55. The van der Waals surface area contributed by atoms with Crippen molar-refractivity contribution >= 4 is 22.8 Å². The lowest BCUT2D eigenvalue weighted by molar-refractivity contribution is -0.157. The maximum absolute atomic E-state index is 13.2. The largest absolute Gasteiger partial charge is 0.496 e. The van der Waals surface area contributed by atoms with Crippen LogP contribution in [0.25, 0.3) is 10.9 Å². The van der Waals surface area contributed by atoms with Crippen molar-refractivity contribution in [3.05, 3.63) is 64.8 Å². The minimum atomic E-state index is -0.720. The Morgan fingerprint density at radius 1 is 1.10 bits per heavy atom. The Morgan fingerprint density at radius 2 is 1.83 bits per heavy atom. The molecule has 3 aromatic rings. The van der Waals surface area contributed by atoms with E-state index < -0.39 is 5.97 Å². The first-order valence-corrected chi connectivity index (χ1v) is 15.1. The molecule has 218 valence electrons. The van der Waals surface area contributed by atoms with Crippen LogP contribution < -0.4 is 4.74 Å². The van der Waals surface area contributed by atoms with Gasteiger partial charge in [0.05, 0.1) is 19.1 Å². The number of likely N-dealkylation sites (tertiary alicyclic amines) is 2. The van der Waals surface area contributed by atoms with Gasteiger partial charge < -0.3 is 19.7 Å². The molecule has 1 amide bonds. The normalized spacial score (nSPS) is 23.3. The van der Waals surface area contributed by atoms with Crippen molar-refractivity contribution in [1.82, 2.24) is 14.8 Å². The first-order valence-electron chi connectivity index (χ1n) is 15.1. The van der Waals surface area contributed by atoms with E-state index in [1.807, 2.05) is 23.2 Å². The van der Waals surface area contributed by atoms with Gasteiger partial charge in [-0.05, 0) is 92.8 Å². The van der Waals surface area contributed by atoms with Gasteiger partial charge in [0.1, 0.15) is 5.75 Å². The summed E-state index contributed by atoms with van der Waals surface area (Å²) < 4.78 is 5.87. The zero-order valence-corrected chi connectivity index (χ0v) is 24.4. The molecule has 2 aliphatic heterocycles. The molecule has 8 heteroatoms. The average molecular weight is 567 g/mol. The Kier molecular flexibility index (Phi) is 6.36. The second kappa shape index (κ2) is 9.88. The molecule has 8 nitrogen and oxygen atoms in total. The standard InChI is InChI=1S/C34H38N4O4/c1-21-11-29(42-2)27(26-7-9-36-30(21)26)18-37-10-8-33(12-22(13-33)17-35)16-28(37)23-3-5-24(6-4-23)31(39)38-19-34(20-38)14-25(15-34)32(40)41/h3-7,9,11,22,25,28,36H,8,10,12-16,18-20H2,1-2H3,(H,40,41). The summed E-state index contributed by atoms with van der Waals surface area (Å²) in [6.45, 7) is 5.11. The van der Waals surface area contributed by atoms with E-state index in [-0.39, 0.29) is 34.6 Å². The predicted molar refractivity (Wildman–Crippen MR) is 158 cm³/mol. The maximum Gasteiger partial charge on any atom is 0.306 e. The summed E-state index contributed by atoms with van der Waals surface area (Å²) in [5.41, 5.74) is 5.59. The quantitative estimate of drug-likeness (QED) is 0.397. The van der Waals surface area contributed by atoms with E-state index >= 15 is 0 Å². The van der Waals surface area contributed by atoms with E-state index in [2.05, 4.69) is 47.1 Å². The van der Waals surface area contributed by atoms with Crippen LogP contribution in [0.1, 0.15) is 71.6 Å². The number of ether oxygens (including phenoxy) is 1. The second-order valence-electron chi connectivity index (χ2n) is 13.5. The number of fused-ring (bicyclic) bond motifs is 1. The summed E-state index contributed by atoms with van der Waals surface area (Å²) in [5, 5.41) is 19.9. The number of carboxylic acid groups (broad SMARTS) is 1. The number of aromatic nitrogens is 1. The predicted octanol–water partition coefficient (Wildman–Crippen LogP) is 5.68. The molecule has 1 atom stereocenters. The highest BCUT2D eigenvalue weighted by atomic mass is 16.5. The number of carboxylic acids is 1. The van der Waals surface area contributed by atoms with Crippen molar-refractivity contribution < 1.29 is 19.4 Å². The molecule has 3 heterocycles. The minimum absolute atomic E-state index is 0.0154. The summed E-state index contributed by atoms with van der Waals surface area (Å²) >= 11 is 0. The summed E-state index contributed by atoms with van der Waals surface area (Å²) in [7, 11) is 1.74. The molecule has 2 saturated heterocycles. The van der Waals surface area contributed by atoms with Gasteiger partial charge >= 0.3 is 5.97 Å². The Hall–Kier alpha value is -3.83. The number of aromatic amines is 1. The van der Waals surface area contributed by atoms with Crippen LogP contribution in [-0.2, 0) is 11.3 Å². The molecule has 2 N–H and O–H groups in total. The van der Waals surface area contributed by atoms with E-state index in [0.29, 0.717) is 31.5 Å². The number of aryl methyl sites for hydroxylation is 1. The van der Waals surface area contributed by atoms with E-state index in [9.17, 15) is 20.0 Å². The van der Waals surface area contributed by atoms with Crippen molar-refractivity contribution in [3.63, 3.8) is 0 Å². The highest BCUT2D eigenvalue weighted by molar-refractivity contribution is 5.95. The number of carbonyl (C=O) groups is 2. The van der Waals surface area contributed by atoms with Crippen LogP contribution in [0.4, 0.5) is 0 Å². The first kappa shape index (κ1) is 27.0. The van der Waals surface area contributed by atoms with E-state index in [1.54, 1.807) is 7.11 Å². The minimum Gasteiger partial charge on any atom is -0.496 e. The smallest absolute Gasteiger partial charge is 0.306 e. The fraction of sp³-hybridized carbons (Fsp3) is 0.500. The number of hydrogen-bond acceptors (Lipinski definition) is 5. The molecule has 4 fully saturated rings. The maximum atomic E-state index is 13.2. The van der Waals surface area contributed by atoms with Crippen LogP contribution in [0, 0.1) is 40.9 Å². The molecule has 2 aliphatic carbocycles. The fourth-order valence-electron chi connectivity index (χ4n) is 8.48. The number of carbonyl (C=O) groups excluding carboxylic acids is 1. The SMILES string of the molecule is COc1cc(C)c2[nH]ccc2c1CN1CCC2(CC(C#N)C2)CC1c1ccc(C(=O)N2CC3(CC(C(=O)O)C3)C2)cc1. The summed E-state index contributed by atoms with van der Waals surface area (Å²) in [6, 6.07) is 15.0. The van der Waals surface area contributed by atoms with Gasteiger partial charge in [-0.2, -0.15) is 5.26 Å². The van der Waals surface area contributed by atoms with Crippen LogP contribution in [0.2, 0.25) is 0 Å². The lowest BCUT2D eigenvalue weighted by atomic mass is 9.56. The summed E-state index contributed by atoms with van der Waals surface area (Å²) in [6.07, 6.45) is 7.38. The zero-order valence-electron chi connectivity index (χ0n) is 24.4. The third-order valence-corrected chi connectivity index (χ3v) is 10.8. The van der Waals surface area contributed by atoms with Gasteiger partial charge in [0.25, 0.3) is 5.91 Å². The van der Waals surface area contributed by atoms with Crippen LogP contribution in [0.5, 0.6) is 5.75 Å². The van der Waals surface area contributed by atoms with Crippen LogP contribution in [0.15, 0.2) is 42.6 Å². The number of rotatable bonds is 6. The van der Waals surface area contributed by atoms with E-state index in [0.717, 1.165) is 55.6 Å². The van der Waals surface area contributed by atoms with E-state index in [1.165, 1.54) is 16.5 Å². The van der Waals surface area contributed by atoms with Gasteiger partial charge in [-0.15, -0.1) is 0 Å². The third kappa shape index (κ3) is 4.37. The molecule has 1 unspecified atom stereocenters. The van der Waals surface area contributed by atoms with Crippen LogP contribution in [-0.4, -0.2) is 58.5 Å². The Balaban J connectivity index is 1.11. The van der Waals surface area contributed by atoms with Gasteiger partial charge in [-0.25, -0.2) is 0 Å². The molecule has 1 aromatic heterocycles. The third-order valence-electron chi connectivity index (χ3n) is 10.8. The number of nitriles is 1. The van der Waals surface area contributed by atoms with Crippen LogP contribution in [0.3, 0.4) is 0 Å². The van der Waals surface area contributed by atoms with Crippen molar-refractivity contribution in [2.45, 2.75) is 58.0 Å². The average Bonchev–Trinajstić information content (AvgIpc) is 3.42. The number of hydrogen-bond donors (Lipinski definition) is 2. The van der Waals surface area contributed by atoms with Crippen molar-refractivity contribution in [2.24, 2.45) is 22.7 Å². The molecule has 2 aromatic carbocycles. The summed E-state index contributed by atoms with van der Waals surface area (Å²) in [5.74, 6) is 0.118. The number of aliphatic carboxylic acids is 1.